The summed E-state index contributed by atoms with van der Waals surface area (Å²) in [6.07, 6.45) is 2.39. The lowest BCUT2D eigenvalue weighted by atomic mass is 10.1. The van der Waals surface area contributed by atoms with E-state index in [1.54, 1.807) is 23.1 Å². The number of piperidine rings is 1. The lowest BCUT2D eigenvalue weighted by Gasteiger charge is -2.28. The number of aryl methyl sites for hydroxylation is 1. The molecule has 130 valence electrons. The summed E-state index contributed by atoms with van der Waals surface area (Å²) in [5.41, 5.74) is 1.40. The van der Waals surface area contributed by atoms with Gasteiger partial charge in [-0.15, -0.1) is 0 Å². The molecular formula is C19H18F2N2O2. The fourth-order valence-electron chi connectivity index (χ4n) is 3.00. The third-order valence-corrected chi connectivity index (χ3v) is 4.26. The molecule has 0 bridgehead atoms. The number of amides is 2. The van der Waals surface area contributed by atoms with Crippen LogP contribution >= 0.6 is 0 Å². The number of hydrogen-bond acceptors (Lipinski definition) is 2. The van der Waals surface area contributed by atoms with Crippen LogP contribution in [0.4, 0.5) is 20.2 Å². The van der Waals surface area contributed by atoms with Crippen molar-refractivity contribution in [1.82, 2.24) is 0 Å². The standard InChI is InChI=1S/C19H18F2N2O2/c1-12-11-13(8-9-16(12)23-10-3-2-7-17(23)24)22-19(25)18-14(20)5-4-6-15(18)21/h4-6,8-9,11H,2-3,7,10H2,1H3,(H,22,25). The van der Waals surface area contributed by atoms with Crippen molar-refractivity contribution in [2.45, 2.75) is 26.2 Å². The van der Waals surface area contributed by atoms with Gasteiger partial charge in [-0.1, -0.05) is 6.07 Å². The molecule has 1 heterocycles. The molecule has 0 radical (unpaired) electrons. The van der Waals surface area contributed by atoms with E-state index in [0.29, 0.717) is 18.7 Å². The molecule has 0 atom stereocenters. The lowest BCUT2D eigenvalue weighted by molar-refractivity contribution is -0.119. The molecule has 1 N–H and O–H groups in total. The van der Waals surface area contributed by atoms with Crippen molar-refractivity contribution in [3.05, 3.63) is 59.2 Å². The normalized spacial score (nSPS) is 14.5. The molecule has 0 aliphatic carbocycles. The summed E-state index contributed by atoms with van der Waals surface area (Å²) in [5.74, 6) is -2.59. The van der Waals surface area contributed by atoms with Gasteiger partial charge in [-0.2, -0.15) is 0 Å². The highest BCUT2D eigenvalue weighted by Crippen LogP contribution is 2.27. The van der Waals surface area contributed by atoms with Crippen molar-refractivity contribution in [2.75, 3.05) is 16.8 Å². The zero-order valence-electron chi connectivity index (χ0n) is 13.8. The zero-order valence-corrected chi connectivity index (χ0v) is 13.8. The molecule has 0 aromatic heterocycles. The Kier molecular flexibility index (Phi) is 4.79. The Bertz CT molecular complexity index is 816. The van der Waals surface area contributed by atoms with Gasteiger partial charge in [0.15, 0.2) is 0 Å². The fourth-order valence-corrected chi connectivity index (χ4v) is 3.00. The van der Waals surface area contributed by atoms with Crippen LogP contribution in [0.3, 0.4) is 0 Å². The first-order chi connectivity index (χ1) is 12.0. The van der Waals surface area contributed by atoms with Crippen LogP contribution < -0.4 is 10.2 Å². The summed E-state index contributed by atoms with van der Waals surface area (Å²) in [7, 11) is 0. The lowest BCUT2D eigenvalue weighted by Crippen LogP contribution is -2.35. The van der Waals surface area contributed by atoms with Crippen molar-refractivity contribution in [2.24, 2.45) is 0 Å². The largest absolute Gasteiger partial charge is 0.322 e. The number of hydrogen-bond donors (Lipinski definition) is 1. The van der Waals surface area contributed by atoms with Gasteiger partial charge in [0.05, 0.1) is 0 Å². The summed E-state index contributed by atoms with van der Waals surface area (Å²) in [4.78, 5) is 25.9. The van der Waals surface area contributed by atoms with Crippen molar-refractivity contribution in [3.63, 3.8) is 0 Å². The number of nitrogens with zero attached hydrogens (tertiary/aromatic N) is 1. The molecule has 1 aliphatic rings. The van der Waals surface area contributed by atoms with E-state index >= 15 is 0 Å². The van der Waals surface area contributed by atoms with Crippen LogP contribution in [0.15, 0.2) is 36.4 Å². The molecule has 25 heavy (non-hydrogen) atoms. The topological polar surface area (TPSA) is 49.4 Å². The van der Waals surface area contributed by atoms with Crippen LogP contribution in [-0.2, 0) is 4.79 Å². The van der Waals surface area contributed by atoms with Gasteiger partial charge in [0, 0.05) is 24.3 Å². The molecular weight excluding hydrogens is 326 g/mol. The number of halogens is 2. The third kappa shape index (κ3) is 3.52. The zero-order chi connectivity index (χ0) is 18.0. The van der Waals surface area contributed by atoms with Gasteiger partial charge in [0.25, 0.3) is 5.91 Å². The van der Waals surface area contributed by atoms with Crippen molar-refractivity contribution < 1.29 is 18.4 Å². The Morgan fingerprint density at radius 2 is 1.84 bits per heavy atom. The van der Waals surface area contributed by atoms with Crippen LogP contribution in [-0.4, -0.2) is 18.4 Å². The maximum Gasteiger partial charge on any atom is 0.261 e. The Hall–Kier alpha value is -2.76. The number of carbonyl (C=O) groups excluding carboxylic acids is 2. The minimum Gasteiger partial charge on any atom is -0.322 e. The summed E-state index contributed by atoms with van der Waals surface area (Å²) in [5, 5.41) is 2.50. The first-order valence-corrected chi connectivity index (χ1v) is 8.14. The van der Waals surface area contributed by atoms with E-state index in [2.05, 4.69) is 5.32 Å². The molecule has 4 nitrogen and oxygen atoms in total. The molecule has 0 spiro atoms. The maximum atomic E-state index is 13.7. The summed E-state index contributed by atoms with van der Waals surface area (Å²) < 4.78 is 27.4. The number of carbonyl (C=O) groups is 2. The van der Waals surface area contributed by atoms with E-state index < -0.39 is 23.1 Å². The first-order valence-electron chi connectivity index (χ1n) is 8.14. The van der Waals surface area contributed by atoms with E-state index in [-0.39, 0.29) is 5.91 Å². The minimum atomic E-state index is -0.912. The summed E-state index contributed by atoms with van der Waals surface area (Å²) in [6, 6.07) is 8.33. The summed E-state index contributed by atoms with van der Waals surface area (Å²) >= 11 is 0. The second-order valence-corrected chi connectivity index (χ2v) is 6.05. The van der Waals surface area contributed by atoms with Crippen LogP contribution in [0.5, 0.6) is 0 Å². The first kappa shape index (κ1) is 17.1. The molecule has 2 amide bonds. The predicted octanol–water partition coefficient (Wildman–Crippen LogP) is 4.04. The van der Waals surface area contributed by atoms with Crippen molar-refractivity contribution >= 4 is 23.2 Å². The minimum absolute atomic E-state index is 0.0829. The van der Waals surface area contributed by atoms with Crippen LogP contribution in [0.25, 0.3) is 0 Å². The molecule has 2 aromatic rings. The number of benzene rings is 2. The average molecular weight is 344 g/mol. The third-order valence-electron chi connectivity index (χ3n) is 4.26. The van der Waals surface area contributed by atoms with E-state index in [0.717, 1.165) is 36.2 Å². The smallest absolute Gasteiger partial charge is 0.261 e. The Morgan fingerprint density at radius 3 is 2.48 bits per heavy atom. The fraction of sp³-hybridized carbons (Fsp3) is 0.263. The van der Waals surface area contributed by atoms with Gasteiger partial charge >= 0.3 is 0 Å². The molecule has 0 unspecified atom stereocenters. The summed E-state index contributed by atoms with van der Waals surface area (Å²) in [6.45, 7) is 2.50. The quantitative estimate of drug-likeness (QED) is 0.913. The second-order valence-electron chi connectivity index (χ2n) is 6.05. The number of anilines is 2. The van der Waals surface area contributed by atoms with Crippen molar-refractivity contribution in [1.29, 1.82) is 0 Å². The molecule has 1 fully saturated rings. The molecule has 1 saturated heterocycles. The predicted molar refractivity (Wildman–Crippen MR) is 91.7 cm³/mol. The molecule has 0 saturated carbocycles. The van der Waals surface area contributed by atoms with Gasteiger partial charge < -0.3 is 10.2 Å². The Balaban J connectivity index is 1.81. The average Bonchev–Trinajstić information content (AvgIpc) is 2.56. The highest BCUT2D eigenvalue weighted by molar-refractivity contribution is 6.05. The highest BCUT2D eigenvalue weighted by atomic mass is 19.1. The van der Waals surface area contributed by atoms with Gasteiger partial charge in [-0.3, -0.25) is 9.59 Å². The second kappa shape index (κ2) is 7.01. The molecule has 2 aromatic carbocycles. The Morgan fingerprint density at radius 1 is 1.12 bits per heavy atom. The van der Waals surface area contributed by atoms with E-state index in [9.17, 15) is 18.4 Å². The van der Waals surface area contributed by atoms with E-state index in [1.165, 1.54) is 6.07 Å². The van der Waals surface area contributed by atoms with Gasteiger partial charge in [-0.05, 0) is 55.7 Å². The van der Waals surface area contributed by atoms with Gasteiger partial charge in [0.2, 0.25) is 5.91 Å². The molecule has 6 heteroatoms. The SMILES string of the molecule is Cc1cc(NC(=O)c2c(F)cccc2F)ccc1N1CCCCC1=O. The molecule has 1 aliphatic heterocycles. The van der Waals surface area contributed by atoms with Crippen LogP contribution in [0.2, 0.25) is 0 Å². The maximum absolute atomic E-state index is 13.7. The van der Waals surface area contributed by atoms with E-state index in [4.69, 9.17) is 0 Å². The van der Waals surface area contributed by atoms with Gasteiger partial charge in [0.1, 0.15) is 17.2 Å². The van der Waals surface area contributed by atoms with Gasteiger partial charge in [-0.25, -0.2) is 8.78 Å². The number of nitrogens with one attached hydrogen (secondary N) is 1. The Labute approximate surface area is 144 Å². The van der Waals surface area contributed by atoms with Crippen LogP contribution in [0, 0.1) is 18.6 Å². The van der Waals surface area contributed by atoms with Crippen molar-refractivity contribution in [3.8, 4) is 0 Å². The van der Waals surface area contributed by atoms with Crippen LogP contribution in [0.1, 0.15) is 35.2 Å². The number of rotatable bonds is 3. The highest BCUT2D eigenvalue weighted by Gasteiger charge is 2.22. The van der Waals surface area contributed by atoms with E-state index in [1.807, 2.05) is 6.92 Å². The molecule has 3 rings (SSSR count). The monoisotopic (exact) mass is 344 g/mol.